The second kappa shape index (κ2) is 11.5. The molecule has 0 atom stereocenters. The van der Waals surface area contributed by atoms with Gasteiger partial charge in [-0.1, -0.05) is 24.3 Å². The molecule has 2 aromatic heterocycles. The van der Waals surface area contributed by atoms with E-state index in [2.05, 4.69) is 10.6 Å². The van der Waals surface area contributed by atoms with Gasteiger partial charge in [0.05, 0.1) is 22.1 Å². The van der Waals surface area contributed by atoms with Gasteiger partial charge in [-0.05, 0) is 67.1 Å². The monoisotopic (exact) mass is 580 g/mol. The molecule has 0 radical (unpaired) electrons. The van der Waals surface area contributed by atoms with Gasteiger partial charge >= 0.3 is 0 Å². The van der Waals surface area contributed by atoms with Crippen LogP contribution in [0.15, 0.2) is 94.5 Å². The summed E-state index contributed by atoms with van der Waals surface area (Å²) in [5, 5.41) is 7.99. The van der Waals surface area contributed by atoms with Crippen LogP contribution in [0.25, 0.3) is 43.6 Å². The Morgan fingerprint density at radius 3 is 1.38 bits per heavy atom. The molecule has 2 N–H and O–H groups in total. The molecule has 0 aliphatic carbocycles. The second-order valence-electron chi connectivity index (χ2n) is 10.2. The number of carbonyl (C=O) groups excluding carboxylic acids is 2. The Labute approximate surface area is 247 Å². The first-order chi connectivity index (χ1) is 19.8. The van der Waals surface area contributed by atoms with Gasteiger partial charge in [-0.3, -0.25) is 19.2 Å². The molecule has 2 amide bonds. The van der Waals surface area contributed by atoms with Crippen molar-refractivity contribution >= 4 is 79.2 Å². The maximum absolute atomic E-state index is 13.1. The third-order valence-electron chi connectivity index (χ3n) is 7.60. The van der Waals surface area contributed by atoms with Crippen molar-refractivity contribution in [1.82, 2.24) is 9.13 Å². The minimum atomic E-state index is -0.240. The van der Waals surface area contributed by atoms with Crippen molar-refractivity contribution in [2.24, 2.45) is 14.1 Å². The van der Waals surface area contributed by atoms with E-state index in [9.17, 15) is 19.2 Å². The van der Waals surface area contributed by atoms with E-state index in [4.69, 9.17) is 0 Å². The highest BCUT2D eigenvalue weighted by Crippen LogP contribution is 2.23. The Morgan fingerprint density at radius 1 is 0.571 bits per heavy atom. The van der Waals surface area contributed by atoms with E-state index in [1.54, 1.807) is 36.4 Å². The number of para-hydroxylation sites is 2. The number of nitrogens with one attached hydrogen (secondary N) is 2. The number of anilines is 2. The lowest BCUT2D eigenvalue weighted by molar-refractivity contribution is -0.117. The number of halogens is 1. The van der Waals surface area contributed by atoms with Crippen LogP contribution in [0.3, 0.4) is 0 Å². The molecule has 0 spiro atoms. The standard InChI is InChI=1S/C33H28N4O4.ClH/c1-36-26-10-5-3-8-22(26)32(40)24-18-20(14-16-28(24)36)34-30(38)12-7-13-31(39)35-21-15-17-29-25(19-21)33(41)23-9-4-6-11-27(23)37(29)2;/h3-6,8-11,14-19H,7,12-13H2,1-2H3,(H,34,38)(H,35,39);1H. The average molecular weight is 581 g/mol. The predicted molar refractivity (Wildman–Crippen MR) is 172 cm³/mol. The quantitative estimate of drug-likeness (QED) is 0.241. The van der Waals surface area contributed by atoms with Crippen molar-refractivity contribution in [2.75, 3.05) is 10.6 Å². The zero-order valence-corrected chi connectivity index (χ0v) is 24.0. The molecule has 4 aromatic carbocycles. The number of hydrogen-bond acceptors (Lipinski definition) is 4. The number of fused-ring (bicyclic) bond motifs is 4. The number of pyridine rings is 2. The highest BCUT2D eigenvalue weighted by Gasteiger charge is 2.13. The molecular weight excluding hydrogens is 552 g/mol. The Bertz CT molecular complexity index is 2000. The van der Waals surface area contributed by atoms with Crippen LogP contribution >= 0.6 is 12.4 Å². The molecule has 6 rings (SSSR count). The van der Waals surface area contributed by atoms with Crippen molar-refractivity contribution in [2.45, 2.75) is 19.3 Å². The number of aromatic nitrogens is 2. The molecule has 42 heavy (non-hydrogen) atoms. The first kappa shape index (κ1) is 28.6. The zero-order valence-electron chi connectivity index (χ0n) is 23.1. The van der Waals surface area contributed by atoms with Crippen LogP contribution in [0.5, 0.6) is 0 Å². The van der Waals surface area contributed by atoms with E-state index in [0.29, 0.717) is 39.3 Å². The van der Waals surface area contributed by atoms with E-state index >= 15 is 0 Å². The fraction of sp³-hybridized carbons (Fsp3) is 0.152. The van der Waals surface area contributed by atoms with Crippen LogP contribution in [0, 0.1) is 0 Å². The lowest BCUT2D eigenvalue weighted by Gasteiger charge is -2.12. The van der Waals surface area contributed by atoms with Crippen molar-refractivity contribution in [3.8, 4) is 0 Å². The van der Waals surface area contributed by atoms with Gasteiger partial charge in [0.2, 0.25) is 11.8 Å². The molecule has 0 fully saturated rings. The van der Waals surface area contributed by atoms with Gasteiger partial charge in [-0.15, -0.1) is 12.4 Å². The highest BCUT2D eigenvalue weighted by molar-refractivity contribution is 5.99. The molecule has 0 bridgehead atoms. The number of aryl methyl sites for hydroxylation is 2. The van der Waals surface area contributed by atoms with Crippen LogP contribution in [-0.4, -0.2) is 20.9 Å². The van der Waals surface area contributed by atoms with E-state index in [1.807, 2.05) is 71.8 Å². The Morgan fingerprint density at radius 2 is 0.952 bits per heavy atom. The SMILES string of the molecule is Cl.Cn1c2ccccc2c(=O)c2cc(NC(=O)CCCC(=O)Nc3ccc4c(c3)c(=O)c3ccccc3n4C)ccc21. The lowest BCUT2D eigenvalue weighted by atomic mass is 10.1. The molecule has 9 heteroatoms. The molecule has 0 unspecified atom stereocenters. The topological polar surface area (TPSA) is 102 Å². The van der Waals surface area contributed by atoms with Crippen LogP contribution in [0.2, 0.25) is 0 Å². The number of carbonyl (C=O) groups is 2. The van der Waals surface area contributed by atoms with Gasteiger partial charge in [0, 0.05) is 59.9 Å². The first-order valence-electron chi connectivity index (χ1n) is 13.4. The molecule has 0 aliphatic rings. The maximum atomic E-state index is 13.1. The fourth-order valence-electron chi connectivity index (χ4n) is 5.50. The third kappa shape index (κ3) is 5.12. The summed E-state index contributed by atoms with van der Waals surface area (Å²) in [7, 11) is 3.82. The van der Waals surface area contributed by atoms with Gasteiger partial charge in [0.1, 0.15) is 0 Å². The van der Waals surface area contributed by atoms with Crippen molar-refractivity contribution in [3.05, 3.63) is 105 Å². The molecule has 6 aromatic rings. The Kier molecular flexibility index (Phi) is 7.83. The number of benzene rings is 4. The molecule has 0 aliphatic heterocycles. The molecule has 2 heterocycles. The Balaban J connectivity index is 0.00000353. The molecule has 0 saturated carbocycles. The van der Waals surface area contributed by atoms with Crippen LogP contribution in [0.4, 0.5) is 11.4 Å². The minimum absolute atomic E-state index is 0. The largest absolute Gasteiger partial charge is 0.343 e. The smallest absolute Gasteiger partial charge is 0.224 e. The fourth-order valence-corrected chi connectivity index (χ4v) is 5.50. The van der Waals surface area contributed by atoms with E-state index in [-0.39, 0.29) is 47.9 Å². The lowest BCUT2D eigenvalue weighted by Crippen LogP contribution is -2.16. The average Bonchev–Trinajstić information content (AvgIpc) is 2.98. The normalized spacial score (nSPS) is 11.1. The van der Waals surface area contributed by atoms with Gasteiger partial charge < -0.3 is 19.8 Å². The number of rotatable bonds is 6. The summed E-state index contributed by atoms with van der Waals surface area (Å²) in [5.74, 6) is -0.480. The maximum Gasteiger partial charge on any atom is 0.224 e. The summed E-state index contributed by atoms with van der Waals surface area (Å²) in [6, 6.07) is 25.5. The molecule has 8 nitrogen and oxygen atoms in total. The predicted octanol–water partition coefficient (Wildman–Crippen LogP) is 5.87. The third-order valence-corrected chi connectivity index (χ3v) is 7.60. The summed E-state index contributed by atoms with van der Waals surface area (Å²) in [6.07, 6.45) is 0.633. The van der Waals surface area contributed by atoms with E-state index in [0.717, 1.165) is 22.1 Å². The van der Waals surface area contributed by atoms with Gasteiger partial charge in [0.15, 0.2) is 10.9 Å². The van der Waals surface area contributed by atoms with E-state index < -0.39 is 0 Å². The summed E-state index contributed by atoms with van der Waals surface area (Å²) in [6.45, 7) is 0. The highest BCUT2D eigenvalue weighted by atomic mass is 35.5. The summed E-state index contributed by atoms with van der Waals surface area (Å²) in [4.78, 5) is 51.3. The molecule has 0 saturated heterocycles. The van der Waals surface area contributed by atoms with Crippen LogP contribution < -0.4 is 21.5 Å². The van der Waals surface area contributed by atoms with Gasteiger partial charge in [-0.25, -0.2) is 0 Å². The first-order valence-corrected chi connectivity index (χ1v) is 13.4. The summed E-state index contributed by atoms with van der Waals surface area (Å²) >= 11 is 0. The van der Waals surface area contributed by atoms with E-state index in [1.165, 1.54) is 0 Å². The van der Waals surface area contributed by atoms with Crippen molar-refractivity contribution in [3.63, 3.8) is 0 Å². The van der Waals surface area contributed by atoms with Crippen molar-refractivity contribution in [1.29, 1.82) is 0 Å². The summed E-state index contributed by atoms with van der Waals surface area (Å²) in [5.41, 5.74) is 4.15. The van der Waals surface area contributed by atoms with Gasteiger partial charge in [0.25, 0.3) is 0 Å². The zero-order chi connectivity index (χ0) is 28.7. The number of nitrogens with zero attached hydrogens (tertiary/aromatic N) is 2. The minimum Gasteiger partial charge on any atom is -0.343 e. The number of hydrogen-bond donors (Lipinski definition) is 2. The second-order valence-corrected chi connectivity index (χ2v) is 10.2. The summed E-state index contributed by atoms with van der Waals surface area (Å²) < 4.78 is 3.93. The van der Waals surface area contributed by atoms with Crippen LogP contribution in [-0.2, 0) is 23.7 Å². The molecular formula is C33H29ClN4O4. The molecule has 212 valence electrons. The van der Waals surface area contributed by atoms with Gasteiger partial charge in [-0.2, -0.15) is 0 Å². The Hall–Kier alpha value is -4.95. The van der Waals surface area contributed by atoms with Crippen molar-refractivity contribution < 1.29 is 9.59 Å². The number of amides is 2. The van der Waals surface area contributed by atoms with Crippen LogP contribution in [0.1, 0.15) is 19.3 Å².